The molecule has 1 amide bonds. The third-order valence-corrected chi connectivity index (χ3v) is 4.47. The summed E-state index contributed by atoms with van der Waals surface area (Å²) in [6.45, 7) is 11.6. The topological polar surface area (TPSA) is 55.6 Å². The van der Waals surface area contributed by atoms with Crippen LogP contribution in [-0.2, 0) is 9.53 Å². The fourth-order valence-corrected chi connectivity index (χ4v) is 2.97. The van der Waals surface area contributed by atoms with Gasteiger partial charge in [-0.2, -0.15) is 0 Å². The number of nitrogens with two attached hydrogens (primary N) is 1. The highest BCUT2D eigenvalue weighted by Crippen LogP contribution is 2.32. The van der Waals surface area contributed by atoms with Gasteiger partial charge in [0.15, 0.2) is 0 Å². The van der Waals surface area contributed by atoms with Crippen LogP contribution in [0.15, 0.2) is 0 Å². The Morgan fingerprint density at radius 2 is 2.10 bits per heavy atom. The maximum Gasteiger partial charge on any atom is 0.222 e. The number of rotatable bonds is 6. The summed E-state index contributed by atoms with van der Waals surface area (Å²) in [6.07, 6.45) is 3.54. The summed E-state index contributed by atoms with van der Waals surface area (Å²) in [6, 6.07) is 0.263. The average Bonchev–Trinajstić information content (AvgIpc) is 2.41. The molecule has 0 bridgehead atoms. The molecule has 20 heavy (non-hydrogen) atoms. The van der Waals surface area contributed by atoms with Crippen molar-refractivity contribution in [3.63, 3.8) is 0 Å². The van der Waals surface area contributed by atoms with E-state index in [-0.39, 0.29) is 17.4 Å². The van der Waals surface area contributed by atoms with Crippen molar-refractivity contribution in [1.82, 2.24) is 4.90 Å². The zero-order chi connectivity index (χ0) is 15.2. The van der Waals surface area contributed by atoms with Crippen LogP contribution in [0.3, 0.4) is 0 Å². The van der Waals surface area contributed by atoms with E-state index in [1.54, 1.807) is 0 Å². The molecule has 2 unspecified atom stereocenters. The molecule has 1 aliphatic heterocycles. The first-order valence-corrected chi connectivity index (χ1v) is 7.97. The van der Waals surface area contributed by atoms with Gasteiger partial charge in [0.2, 0.25) is 5.91 Å². The summed E-state index contributed by atoms with van der Waals surface area (Å²) in [5, 5.41) is 0. The molecule has 1 aliphatic rings. The number of carbonyl (C=O) groups excluding carboxylic acids is 1. The zero-order valence-corrected chi connectivity index (χ0v) is 13.7. The Morgan fingerprint density at radius 3 is 2.65 bits per heavy atom. The van der Waals surface area contributed by atoms with Crippen molar-refractivity contribution in [2.24, 2.45) is 17.1 Å². The predicted molar refractivity (Wildman–Crippen MR) is 82.5 cm³/mol. The van der Waals surface area contributed by atoms with Crippen LogP contribution < -0.4 is 5.73 Å². The van der Waals surface area contributed by atoms with Crippen molar-refractivity contribution in [3.05, 3.63) is 0 Å². The van der Waals surface area contributed by atoms with Crippen LogP contribution in [0.25, 0.3) is 0 Å². The maximum atomic E-state index is 12.4. The second kappa shape index (κ2) is 7.99. The van der Waals surface area contributed by atoms with Crippen LogP contribution in [0.1, 0.15) is 53.4 Å². The van der Waals surface area contributed by atoms with E-state index in [9.17, 15) is 4.79 Å². The van der Waals surface area contributed by atoms with E-state index in [2.05, 4.69) is 27.7 Å². The van der Waals surface area contributed by atoms with E-state index < -0.39 is 0 Å². The minimum Gasteiger partial charge on any atom is -0.377 e. The summed E-state index contributed by atoms with van der Waals surface area (Å²) in [4.78, 5) is 14.5. The number of carbonyl (C=O) groups is 1. The number of nitrogens with zero attached hydrogens (tertiary/aromatic N) is 1. The fraction of sp³-hybridized carbons (Fsp3) is 0.938. The number of morpholine rings is 1. The summed E-state index contributed by atoms with van der Waals surface area (Å²) >= 11 is 0. The Kier molecular flexibility index (Phi) is 6.96. The Hall–Kier alpha value is -0.610. The molecule has 0 aromatic heterocycles. The third-order valence-electron chi connectivity index (χ3n) is 4.47. The van der Waals surface area contributed by atoms with Crippen LogP contribution in [0.5, 0.6) is 0 Å². The molecular weight excluding hydrogens is 252 g/mol. The molecule has 0 radical (unpaired) electrons. The van der Waals surface area contributed by atoms with Gasteiger partial charge in [-0.05, 0) is 37.1 Å². The summed E-state index contributed by atoms with van der Waals surface area (Å²) in [5.74, 6) is 0.795. The van der Waals surface area contributed by atoms with Crippen LogP contribution in [0.4, 0.5) is 0 Å². The van der Waals surface area contributed by atoms with Gasteiger partial charge in [0, 0.05) is 13.0 Å². The second-order valence-corrected chi connectivity index (χ2v) is 6.90. The van der Waals surface area contributed by atoms with Gasteiger partial charge in [0.25, 0.3) is 0 Å². The lowest BCUT2D eigenvalue weighted by atomic mass is 9.76. The molecule has 4 nitrogen and oxygen atoms in total. The van der Waals surface area contributed by atoms with Gasteiger partial charge in [-0.3, -0.25) is 4.79 Å². The van der Waals surface area contributed by atoms with Gasteiger partial charge in [0.1, 0.15) is 0 Å². The predicted octanol–water partition coefficient (Wildman–Crippen LogP) is 2.42. The standard InChI is InChI=1S/C16H32N2O2/c1-5-14-12-20-11-10-18(14)15(19)7-6-13(8-9-17)16(2,3)4/h13-14H,5-12,17H2,1-4H3. The highest BCUT2D eigenvalue weighted by Gasteiger charge is 2.28. The molecule has 4 heteroatoms. The lowest BCUT2D eigenvalue weighted by Crippen LogP contribution is -2.48. The highest BCUT2D eigenvalue weighted by molar-refractivity contribution is 5.76. The van der Waals surface area contributed by atoms with Crippen LogP contribution in [-0.4, -0.2) is 43.2 Å². The highest BCUT2D eigenvalue weighted by atomic mass is 16.5. The minimum absolute atomic E-state index is 0.217. The molecule has 0 aromatic carbocycles. The summed E-state index contributed by atoms with van der Waals surface area (Å²) in [5.41, 5.74) is 5.92. The van der Waals surface area contributed by atoms with Gasteiger partial charge in [-0.15, -0.1) is 0 Å². The van der Waals surface area contributed by atoms with E-state index in [4.69, 9.17) is 10.5 Å². The Balaban J connectivity index is 2.51. The first-order chi connectivity index (χ1) is 9.40. The van der Waals surface area contributed by atoms with Crippen molar-refractivity contribution in [2.45, 2.75) is 59.4 Å². The lowest BCUT2D eigenvalue weighted by Gasteiger charge is -2.36. The normalized spacial score (nSPS) is 21.9. The van der Waals surface area contributed by atoms with Gasteiger partial charge < -0.3 is 15.4 Å². The molecule has 118 valence electrons. The second-order valence-electron chi connectivity index (χ2n) is 6.90. The van der Waals surface area contributed by atoms with Crippen molar-refractivity contribution in [2.75, 3.05) is 26.3 Å². The Labute approximate surface area is 124 Å². The molecule has 1 saturated heterocycles. The molecule has 0 aliphatic carbocycles. The Bertz CT molecular complexity index is 299. The first kappa shape index (κ1) is 17.4. The van der Waals surface area contributed by atoms with Gasteiger partial charge in [0.05, 0.1) is 19.3 Å². The van der Waals surface area contributed by atoms with Crippen molar-refractivity contribution >= 4 is 5.91 Å². The van der Waals surface area contributed by atoms with E-state index in [0.29, 0.717) is 32.1 Å². The smallest absolute Gasteiger partial charge is 0.222 e. The molecule has 0 saturated carbocycles. The van der Waals surface area contributed by atoms with E-state index >= 15 is 0 Å². The number of amides is 1. The van der Waals surface area contributed by atoms with Gasteiger partial charge >= 0.3 is 0 Å². The van der Waals surface area contributed by atoms with Crippen molar-refractivity contribution in [1.29, 1.82) is 0 Å². The van der Waals surface area contributed by atoms with Crippen LogP contribution in [0, 0.1) is 11.3 Å². The number of hydrogen-bond acceptors (Lipinski definition) is 3. The number of ether oxygens (including phenoxy) is 1. The molecule has 2 N–H and O–H groups in total. The largest absolute Gasteiger partial charge is 0.377 e. The van der Waals surface area contributed by atoms with Crippen molar-refractivity contribution < 1.29 is 9.53 Å². The maximum absolute atomic E-state index is 12.4. The molecule has 1 fully saturated rings. The lowest BCUT2D eigenvalue weighted by molar-refractivity contribution is -0.140. The minimum atomic E-state index is 0.217. The third kappa shape index (κ3) is 5.06. The molecule has 2 atom stereocenters. The Morgan fingerprint density at radius 1 is 1.40 bits per heavy atom. The molecule has 1 heterocycles. The quantitative estimate of drug-likeness (QED) is 0.815. The molecule has 0 aromatic rings. The SMILES string of the molecule is CCC1COCCN1C(=O)CCC(CCN)C(C)(C)C. The van der Waals surface area contributed by atoms with Crippen LogP contribution >= 0.6 is 0 Å². The van der Waals surface area contributed by atoms with Crippen molar-refractivity contribution in [3.8, 4) is 0 Å². The van der Waals surface area contributed by atoms with Gasteiger partial charge in [-0.1, -0.05) is 27.7 Å². The summed E-state index contributed by atoms with van der Waals surface area (Å²) < 4.78 is 5.46. The fourth-order valence-electron chi connectivity index (χ4n) is 2.97. The van der Waals surface area contributed by atoms with E-state index in [0.717, 1.165) is 25.8 Å². The van der Waals surface area contributed by atoms with Crippen LogP contribution in [0.2, 0.25) is 0 Å². The zero-order valence-electron chi connectivity index (χ0n) is 13.7. The molecule has 0 spiro atoms. The monoisotopic (exact) mass is 284 g/mol. The van der Waals surface area contributed by atoms with Gasteiger partial charge in [-0.25, -0.2) is 0 Å². The first-order valence-electron chi connectivity index (χ1n) is 7.97. The average molecular weight is 284 g/mol. The number of hydrogen-bond donors (Lipinski definition) is 1. The summed E-state index contributed by atoms with van der Waals surface area (Å²) in [7, 11) is 0. The molecular formula is C16H32N2O2. The molecule has 1 rings (SSSR count). The van der Waals surface area contributed by atoms with E-state index in [1.165, 1.54) is 0 Å². The van der Waals surface area contributed by atoms with E-state index in [1.807, 2.05) is 4.90 Å².